The molecule has 2 aromatic rings. The van der Waals surface area contributed by atoms with E-state index in [4.69, 9.17) is 11.6 Å². The molecular formula is C14H11ClFNO. The third-order valence-corrected chi connectivity index (χ3v) is 2.88. The number of aryl methyl sites for hydroxylation is 1. The number of amides is 1. The van der Waals surface area contributed by atoms with Gasteiger partial charge in [-0.15, -0.1) is 0 Å². The summed E-state index contributed by atoms with van der Waals surface area (Å²) in [6.45, 7) is 1.73. The average molecular weight is 264 g/mol. The first-order chi connectivity index (χ1) is 8.58. The topological polar surface area (TPSA) is 29.1 Å². The Morgan fingerprint density at radius 3 is 2.61 bits per heavy atom. The molecule has 2 aromatic carbocycles. The molecule has 0 unspecified atom stereocenters. The molecule has 0 aliphatic carbocycles. The van der Waals surface area contributed by atoms with Gasteiger partial charge in [0.15, 0.2) is 0 Å². The first-order valence-corrected chi connectivity index (χ1v) is 5.78. The summed E-state index contributed by atoms with van der Waals surface area (Å²) in [7, 11) is 0. The van der Waals surface area contributed by atoms with E-state index in [1.54, 1.807) is 31.2 Å². The van der Waals surface area contributed by atoms with E-state index in [9.17, 15) is 9.18 Å². The lowest BCUT2D eigenvalue weighted by atomic mass is 10.1. The fourth-order valence-electron chi connectivity index (χ4n) is 1.60. The summed E-state index contributed by atoms with van der Waals surface area (Å²) >= 11 is 5.93. The van der Waals surface area contributed by atoms with E-state index in [0.717, 1.165) is 0 Å². The van der Waals surface area contributed by atoms with Gasteiger partial charge in [0.05, 0.1) is 10.6 Å². The van der Waals surface area contributed by atoms with Crippen molar-refractivity contribution in [3.63, 3.8) is 0 Å². The summed E-state index contributed by atoms with van der Waals surface area (Å²) in [6, 6.07) is 11.0. The van der Waals surface area contributed by atoms with Crippen LogP contribution in [0.5, 0.6) is 0 Å². The molecule has 4 heteroatoms. The molecule has 0 aliphatic rings. The Kier molecular flexibility index (Phi) is 3.63. The van der Waals surface area contributed by atoms with Gasteiger partial charge in [0.2, 0.25) is 0 Å². The van der Waals surface area contributed by atoms with Crippen LogP contribution in [-0.2, 0) is 0 Å². The van der Waals surface area contributed by atoms with E-state index in [1.165, 1.54) is 18.2 Å². The maximum Gasteiger partial charge on any atom is 0.257 e. The smallest absolute Gasteiger partial charge is 0.257 e. The fraction of sp³-hybridized carbons (Fsp3) is 0.0714. The van der Waals surface area contributed by atoms with Crippen LogP contribution in [0, 0.1) is 12.7 Å². The van der Waals surface area contributed by atoms with Gasteiger partial charge in [-0.1, -0.05) is 23.7 Å². The molecule has 18 heavy (non-hydrogen) atoms. The van der Waals surface area contributed by atoms with Gasteiger partial charge in [-0.25, -0.2) is 4.39 Å². The molecule has 92 valence electrons. The van der Waals surface area contributed by atoms with Crippen LogP contribution in [0.25, 0.3) is 0 Å². The Morgan fingerprint density at radius 1 is 1.22 bits per heavy atom. The zero-order valence-corrected chi connectivity index (χ0v) is 10.5. The molecule has 0 aromatic heterocycles. The molecule has 1 N–H and O–H groups in total. The van der Waals surface area contributed by atoms with Crippen molar-refractivity contribution in [2.75, 3.05) is 5.32 Å². The fourth-order valence-corrected chi connectivity index (χ4v) is 1.82. The quantitative estimate of drug-likeness (QED) is 0.870. The van der Waals surface area contributed by atoms with Gasteiger partial charge in [-0.05, 0) is 42.8 Å². The minimum absolute atomic E-state index is 0.310. The van der Waals surface area contributed by atoms with Crippen LogP contribution in [-0.4, -0.2) is 5.91 Å². The Morgan fingerprint density at radius 2 is 1.94 bits per heavy atom. The number of hydrogen-bond donors (Lipinski definition) is 1. The van der Waals surface area contributed by atoms with Gasteiger partial charge >= 0.3 is 0 Å². The number of benzene rings is 2. The summed E-state index contributed by atoms with van der Waals surface area (Å²) in [6.07, 6.45) is 0. The van der Waals surface area contributed by atoms with Crippen LogP contribution in [0.4, 0.5) is 10.1 Å². The van der Waals surface area contributed by atoms with Gasteiger partial charge < -0.3 is 5.32 Å². The monoisotopic (exact) mass is 263 g/mol. The van der Waals surface area contributed by atoms with Crippen LogP contribution in [0.1, 0.15) is 15.9 Å². The highest BCUT2D eigenvalue weighted by Gasteiger charge is 2.10. The Hall–Kier alpha value is -1.87. The summed E-state index contributed by atoms with van der Waals surface area (Å²) in [5.41, 5.74) is 1.62. The number of nitrogens with one attached hydrogen (secondary N) is 1. The van der Waals surface area contributed by atoms with Crippen molar-refractivity contribution in [2.45, 2.75) is 6.92 Å². The summed E-state index contributed by atoms with van der Waals surface area (Å²) < 4.78 is 12.9. The maximum atomic E-state index is 12.9. The van der Waals surface area contributed by atoms with Crippen molar-refractivity contribution in [2.24, 2.45) is 0 Å². The van der Waals surface area contributed by atoms with Crippen LogP contribution < -0.4 is 5.32 Å². The zero-order chi connectivity index (χ0) is 13.1. The van der Waals surface area contributed by atoms with Crippen molar-refractivity contribution >= 4 is 23.2 Å². The SMILES string of the molecule is Cc1cc(F)ccc1NC(=O)c1ccccc1Cl. The Balaban J connectivity index is 2.24. The minimum Gasteiger partial charge on any atom is -0.322 e. The maximum absolute atomic E-state index is 12.9. The first-order valence-electron chi connectivity index (χ1n) is 5.40. The van der Waals surface area contributed by atoms with Crippen LogP contribution in [0.15, 0.2) is 42.5 Å². The third-order valence-electron chi connectivity index (χ3n) is 2.56. The predicted molar refractivity (Wildman–Crippen MR) is 70.5 cm³/mol. The lowest BCUT2D eigenvalue weighted by molar-refractivity contribution is 0.102. The molecule has 2 rings (SSSR count). The van der Waals surface area contributed by atoms with Gasteiger partial charge in [-0.2, -0.15) is 0 Å². The lowest BCUT2D eigenvalue weighted by Crippen LogP contribution is -2.13. The number of carbonyl (C=O) groups excluding carboxylic acids is 1. The van der Waals surface area contributed by atoms with Crippen molar-refractivity contribution < 1.29 is 9.18 Å². The second-order valence-corrected chi connectivity index (χ2v) is 4.30. The number of hydrogen-bond acceptors (Lipinski definition) is 1. The molecular weight excluding hydrogens is 253 g/mol. The predicted octanol–water partition coefficient (Wildman–Crippen LogP) is 4.04. The molecule has 0 bridgehead atoms. The minimum atomic E-state index is -0.330. The molecule has 0 heterocycles. The highest BCUT2D eigenvalue weighted by atomic mass is 35.5. The number of anilines is 1. The molecule has 0 saturated heterocycles. The standard InChI is InChI=1S/C14H11ClFNO/c1-9-8-10(16)6-7-13(9)17-14(18)11-4-2-3-5-12(11)15/h2-8H,1H3,(H,17,18). The van der Waals surface area contributed by atoms with Crippen molar-refractivity contribution in [1.29, 1.82) is 0 Å². The highest BCUT2D eigenvalue weighted by molar-refractivity contribution is 6.34. The molecule has 0 saturated carbocycles. The second-order valence-electron chi connectivity index (χ2n) is 3.89. The molecule has 0 aliphatic heterocycles. The molecule has 1 amide bonds. The Bertz CT molecular complexity index is 598. The lowest BCUT2D eigenvalue weighted by Gasteiger charge is -2.09. The second kappa shape index (κ2) is 5.19. The Labute approximate surface area is 109 Å². The summed E-state index contributed by atoms with van der Waals surface area (Å²) in [4.78, 5) is 12.0. The van der Waals surface area contributed by atoms with Crippen molar-refractivity contribution in [3.05, 3.63) is 64.4 Å². The molecule has 0 atom stereocenters. The number of halogens is 2. The summed E-state index contributed by atoms with van der Waals surface area (Å²) in [5.74, 6) is -0.640. The molecule has 2 nitrogen and oxygen atoms in total. The first kappa shape index (κ1) is 12.6. The zero-order valence-electron chi connectivity index (χ0n) is 9.71. The van der Waals surface area contributed by atoms with E-state index in [0.29, 0.717) is 21.8 Å². The normalized spacial score (nSPS) is 10.2. The van der Waals surface area contributed by atoms with Gasteiger partial charge in [0, 0.05) is 5.69 Å². The van der Waals surface area contributed by atoms with Crippen molar-refractivity contribution in [1.82, 2.24) is 0 Å². The van der Waals surface area contributed by atoms with E-state index < -0.39 is 0 Å². The van der Waals surface area contributed by atoms with E-state index in [-0.39, 0.29) is 11.7 Å². The third kappa shape index (κ3) is 2.68. The highest BCUT2D eigenvalue weighted by Crippen LogP contribution is 2.19. The molecule has 0 fully saturated rings. The van der Waals surface area contributed by atoms with Gasteiger partial charge in [0.25, 0.3) is 5.91 Å². The van der Waals surface area contributed by atoms with E-state index >= 15 is 0 Å². The number of carbonyl (C=O) groups is 1. The van der Waals surface area contributed by atoms with Crippen LogP contribution >= 0.6 is 11.6 Å². The van der Waals surface area contributed by atoms with Crippen LogP contribution in [0.3, 0.4) is 0 Å². The summed E-state index contributed by atoms with van der Waals surface area (Å²) in [5, 5.41) is 3.09. The van der Waals surface area contributed by atoms with Crippen LogP contribution in [0.2, 0.25) is 5.02 Å². The van der Waals surface area contributed by atoms with E-state index in [2.05, 4.69) is 5.32 Å². The van der Waals surface area contributed by atoms with Gasteiger partial charge in [0.1, 0.15) is 5.82 Å². The number of rotatable bonds is 2. The van der Waals surface area contributed by atoms with E-state index in [1.807, 2.05) is 0 Å². The largest absolute Gasteiger partial charge is 0.322 e. The van der Waals surface area contributed by atoms with Gasteiger partial charge in [-0.3, -0.25) is 4.79 Å². The molecule has 0 radical (unpaired) electrons. The average Bonchev–Trinajstić information content (AvgIpc) is 2.33. The molecule has 0 spiro atoms. The van der Waals surface area contributed by atoms with Crippen molar-refractivity contribution in [3.8, 4) is 0 Å².